The zero-order valence-electron chi connectivity index (χ0n) is 25.3. The van der Waals surface area contributed by atoms with E-state index in [4.69, 9.17) is 9.47 Å². The minimum atomic E-state index is -0.750. The number of nitrogens with zero attached hydrogens (tertiary/aromatic N) is 4. The first-order valence-corrected chi connectivity index (χ1v) is 14.9. The van der Waals surface area contributed by atoms with E-state index in [1.807, 2.05) is 73.1 Å². The highest BCUT2D eigenvalue weighted by Gasteiger charge is 2.26. The largest absolute Gasteiger partial charge is 0.496 e. The summed E-state index contributed by atoms with van der Waals surface area (Å²) in [6.45, 7) is 5.13. The Balaban J connectivity index is 1.43. The average molecular weight is 599 g/mol. The van der Waals surface area contributed by atoms with Gasteiger partial charge in [-0.25, -0.2) is 9.97 Å². The van der Waals surface area contributed by atoms with E-state index in [1.165, 1.54) is 4.90 Å². The summed E-state index contributed by atoms with van der Waals surface area (Å²) >= 11 is 0. The lowest BCUT2D eigenvalue weighted by Crippen LogP contribution is -2.51. The Hall–Kier alpha value is -4.93. The number of imidazole rings is 1. The molecule has 0 aliphatic carbocycles. The molecule has 4 aromatic rings. The summed E-state index contributed by atoms with van der Waals surface area (Å²) in [7, 11) is 1.54. The van der Waals surface area contributed by atoms with Crippen LogP contribution in [0.3, 0.4) is 0 Å². The quantitative estimate of drug-likeness (QED) is 0.367. The van der Waals surface area contributed by atoms with Crippen LogP contribution in [0.2, 0.25) is 0 Å². The normalized spacial score (nSPS) is 16.7. The minimum absolute atomic E-state index is 0.153. The lowest BCUT2D eigenvalue weighted by molar-refractivity contribution is -0.129. The first-order valence-electron chi connectivity index (χ1n) is 14.9. The molecule has 44 heavy (non-hydrogen) atoms. The predicted octanol–water partition coefficient (Wildman–Crippen LogP) is 3.68. The number of carbonyl (C=O) groups excluding carboxylic acids is 3. The first-order chi connectivity index (χ1) is 21.3. The van der Waals surface area contributed by atoms with Crippen molar-refractivity contribution in [2.45, 2.75) is 39.3 Å². The molecule has 1 aliphatic rings. The Morgan fingerprint density at radius 2 is 1.95 bits per heavy atom. The summed E-state index contributed by atoms with van der Waals surface area (Å²) in [6, 6.07) is 15.9. The topological polar surface area (TPSA) is 128 Å². The van der Waals surface area contributed by atoms with Crippen molar-refractivity contribution in [2.75, 3.05) is 33.4 Å². The SMILES string of the molecule is COc1cc(C(=O)N2CCCOc3cccc(c3)-c3nccn3CCNC(=O)[C@@H](CC(C)C)NC(=O)C2)nc2ccccc12. The fourth-order valence-corrected chi connectivity index (χ4v) is 5.30. The maximum Gasteiger partial charge on any atom is 0.273 e. The summed E-state index contributed by atoms with van der Waals surface area (Å²) in [5.74, 6) is 0.968. The summed E-state index contributed by atoms with van der Waals surface area (Å²) in [6.07, 6.45) is 4.50. The number of ether oxygens (including phenoxy) is 2. The van der Waals surface area contributed by atoms with Crippen LogP contribution in [-0.4, -0.2) is 76.5 Å². The van der Waals surface area contributed by atoms with Crippen molar-refractivity contribution < 1.29 is 23.9 Å². The Kier molecular flexibility index (Phi) is 9.73. The van der Waals surface area contributed by atoms with Crippen LogP contribution >= 0.6 is 0 Å². The maximum atomic E-state index is 13.8. The third-order valence-electron chi connectivity index (χ3n) is 7.40. The van der Waals surface area contributed by atoms with E-state index >= 15 is 0 Å². The average Bonchev–Trinajstić information content (AvgIpc) is 3.49. The number of methoxy groups -OCH3 is 1. The maximum absolute atomic E-state index is 13.8. The monoisotopic (exact) mass is 598 g/mol. The van der Waals surface area contributed by atoms with Gasteiger partial charge in [0.15, 0.2) is 0 Å². The third kappa shape index (κ3) is 7.34. The van der Waals surface area contributed by atoms with Crippen LogP contribution in [0.25, 0.3) is 22.3 Å². The van der Waals surface area contributed by atoms with Gasteiger partial charge in [-0.05, 0) is 43.0 Å². The molecule has 0 unspecified atom stereocenters. The Morgan fingerprint density at radius 1 is 1.11 bits per heavy atom. The van der Waals surface area contributed by atoms with Crippen molar-refractivity contribution in [3.05, 3.63) is 72.7 Å². The smallest absolute Gasteiger partial charge is 0.273 e. The number of carbonyl (C=O) groups is 3. The zero-order valence-corrected chi connectivity index (χ0v) is 25.3. The number of benzene rings is 2. The number of hydrogen-bond donors (Lipinski definition) is 2. The van der Waals surface area contributed by atoms with E-state index in [-0.39, 0.29) is 30.6 Å². The number of amides is 3. The third-order valence-corrected chi connectivity index (χ3v) is 7.40. The van der Waals surface area contributed by atoms with Gasteiger partial charge in [0.25, 0.3) is 5.91 Å². The van der Waals surface area contributed by atoms with Crippen LogP contribution in [0, 0.1) is 5.92 Å². The highest BCUT2D eigenvalue weighted by atomic mass is 16.5. The molecule has 11 nitrogen and oxygen atoms in total. The predicted molar refractivity (Wildman–Crippen MR) is 166 cm³/mol. The number of fused-ring (bicyclic) bond motifs is 5. The van der Waals surface area contributed by atoms with Gasteiger partial charge < -0.3 is 29.6 Å². The molecule has 0 saturated carbocycles. The summed E-state index contributed by atoms with van der Waals surface area (Å²) in [5.41, 5.74) is 1.66. The van der Waals surface area contributed by atoms with Gasteiger partial charge in [-0.1, -0.05) is 38.1 Å². The van der Waals surface area contributed by atoms with Gasteiger partial charge in [0.05, 0.1) is 25.8 Å². The summed E-state index contributed by atoms with van der Waals surface area (Å²) < 4.78 is 13.6. The lowest BCUT2D eigenvalue weighted by Gasteiger charge is -2.25. The molecule has 1 aliphatic heterocycles. The first kappa shape index (κ1) is 30.5. The number of nitrogens with one attached hydrogen (secondary N) is 2. The van der Waals surface area contributed by atoms with E-state index < -0.39 is 17.9 Å². The van der Waals surface area contributed by atoms with Gasteiger partial charge in [-0.2, -0.15) is 0 Å². The van der Waals surface area contributed by atoms with Crippen molar-refractivity contribution in [3.63, 3.8) is 0 Å². The second-order valence-electron chi connectivity index (χ2n) is 11.2. The molecule has 2 aromatic carbocycles. The molecule has 230 valence electrons. The Labute approximate surface area is 256 Å². The van der Waals surface area contributed by atoms with Crippen molar-refractivity contribution in [1.29, 1.82) is 0 Å². The van der Waals surface area contributed by atoms with Crippen molar-refractivity contribution in [3.8, 4) is 22.9 Å². The van der Waals surface area contributed by atoms with E-state index in [1.54, 1.807) is 19.4 Å². The summed E-state index contributed by atoms with van der Waals surface area (Å²) in [5, 5.41) is 6.61. The molecule has 11 heteroatoms. The van der Waals surface area contributed by atoms with Crippen molar-refractivity contribution >= 4 is 28.6 Å². The molecule has 3 amide bonds. The minimum Gasteiger partial charge on any atom is -0.496 e. The van der Waals surface area contributed by atoms with Crippen molar-refractivity contribution in [1.82, 2.24) is 30.1 Å². The number of hydrogen-bond acceptors (Lipinski definition) is 7. The second kappa shape index (κ2) is 14.0. The van der Waals surface area contributed by atoms with Gasteiger partial charge in [0.1, 0.15) is 29.1 Å². The fourth-order valence-electron chi connectivity index (χ4n) is 5.30. The highest BCUT2D eigenvalue weighted by molar-refractivity contribution is 5.99. The van der Waals surface area contributed by atoms with E-state index in [2.05, 4.69) is 20.6 Å². The fraction of sp³-hybridized carbons (Fsp3) is 0.364. The second-order valence-corrected chi connectivity index (χ2v) is 11.2. The Bertz CT molecular complexity index is 1630. The van der Waals surface area contributed by atoms with Gasteiger partial charge in [0.2, 0.25) is 11.8 Å². The van der Waals surface area contributed by atoms with Gasteiger partial charge in [0, 0.05) is 49.0 Å². The van der Waals surface area contributed by atoms with Crippen LogP contribution in [0.4, 0.5) is 0 Å². The molecule has 0 spiro atoms. The van der Waals surface area contributed by atoms with Crippen LogP contribution in [0.1, 0.15) is 37.2 Å². The highest BCUT2D eigenvalue weighted by Crippen LogP contribution is 2.26. The number of rotatable bonds is 4. The molecule has 0 saturated heterocycles. The standard InChI is InChI=1S/C33H38N6O5/c1-22(2)18-27-32(41)35-13-16-38-15-12-34-31(38)23-8-6-9-24(19-23)44-17-7-14-39(21-30(40)37-27)33(42)28-20-29(43-3)25-10-4-5-11-26(25)36-28/h4-6,8-12,15,19-20,22,27H,7,13-14,16-18,21H2,1-3H3,(H,35,41)(H,37,40)/t27-/m1/s1. The van der Waals surface area contributed by atoms with Gasteiger partial charge in [-0.15, -0.1) is 0 Å². The van der Waals surface area contributed by atoms with Crippen LogP contribution in [-0.2, 0) is 16.1 Å². The number of aromatic nitrogens is 3. The molecular weight excluding hydrogens is 560 g/mol. The molecule has 5 rings (SSSR count). The molecule has 3 heterocycles. The van der Waals surface area contributed by atoms with E-state index in [9.17, 15) is 14.4 Å². The van der Waals surface area contributed by atoms with Gasteiger partial charge >= 0.3 is 0 Å². The lowest BCUT2D eigenvalue weighted by atomic mass is 10.0. The zero-order chi connectivity index (χ0) is 31.1. The van der Waals surface area contributed by atoms with E-state index in [0.29, 0.717) is 49.6 Å². The molecule has 2 aromatic heterocycles. The van der Waals surface area contributed by atoms with Crippen LogP contribution in [0.5, 0.6) is 11.5 Å². The number of pyridine rings is 1. The number of para-hydroxylation sites is 1. The molecule has 2 N–H and O–H groups in total. The molecule has 0 fully saturated rings. The molecule has 0 radical (unpaired) electrons. The summed E-state index contributed by atoms with van der Waals surface area (Å²) in [4.78, 5) is 51.0. The van der Waals surface area contributed by atoms with Gasteiger partial charge in [-0.3, -0.25) is 14.4 Å². The molecular formula is C33H38N6O5. The van der Waals surface area contributed by atoms with Crippen LogP contribution < -0.4 is 20.1 Å². The molecule has 2 bridgehead atoms. The molecule has 1 atom stereocenters. The van der Waals surface area contributed by atoms with E-state index in [0.717, 1.165) is 16.8 Å². The van der Waals surface area contributed by atoms with Crippen molar-refractivity contribution in [2.24, 2.45) is 5.92 Å². The van der Waals surface area contributed by atoms with Crippen LogP contribution in [0.15, 0.2) is 67.0 Å². The Morgan fingerprint density at radius 3 is 2.77 bits per heavy atom.